The van der Waals surface area contributed by atoms with Gasteiger partial charge in [-0.3, -0.25) is 4.90 Å². The molecular weight excluding hydrogens is 186 g/mol. The number of nitrogens with zero attached hydrogens (tertiary/aromatic N) is 1. The lowest BCUT2D eigenvalue weighted by molar-refractivity contribution is 0.186. The highest BCUT2D eigenvalue weighted by Gasteiger charge is 2.13. The van der Waals surface area contributed by atoms with Gasteiger partial charge in [-0.25, -0.2) is 0 Å². The topological polar surface area (TPSA) is 41.3 Å². The molecule has 2 atom stereocenters. The van der Waals surface area contributed by atoms with E-state index in [2.05, 4.69) is 38.0 Å². The van der Waals surface area contributed by atoms with Gasteiger partial charge in [0.15, 0.2) is 0 Å². The number of hydrogen-bond donors (Lipinski definition) is 2. The summed E-state index contributed by atoms with van der Waals surface area (Å²) < 4.78 is 0. The molecule has 0 aromatic heterocycles. The van der Waals surface area contributed by atoms with Crippen molar-refractivity contribution in [3.05, 3.63) is 11.9 Å². The van der Waals surface area contributed by atoms with Crippen molar-refractivity contribution < 1.29 is 0 Å². The van der Waals surface area contributed by atoms with Crippen LogP contribution in [0.4, 0.5) is 0 Å². The standard InChI is InChI=1S/C12H27N3/c1-6-7-11(3)15(5)12(4)9-14-8-10(2)13/h8,11-12,14H,6-7,9,13H2,1-5H3/b10-8-. The lowest BCUT2D eigenvalue weighted by Gasteiger charge is -2.30. The fraction of sp³-hybridized carbons (Fsp3) is 0.833. The molecule has 90 valence electrons. The molecule has 0 radical (unpaired) electrons. The predicted octanol–water partition coefficient (Wildman–Crippen LogP) is 1.90. The van der Waals surface area contributed by atoms with Gasteiger partial charge in [0.05, 0.1) is 0 Å². The van der Waals surface area contributed by atoms with Crippen LogP contribution in [0.3, 0.4) is 0 Å². The molecule has 15 heavy (non-hydrogen) atoms. The molecule has 0 aromatic rings. The molecule has 3 N–H and O–H groups in total. The molecule has 0 fully saturated rings. The summed E-state index contributed by atoms with van der Waals surface area (Å²) in [6.07, 6.45) is 4.37. The van der Waals surface area contributed by atoms with Gasteiger partial charge in [0.25, 0.3) is 0 Å². The van der Waals surface area contributed by atoms with Crippen LogP contribution in [0.25, 0.3) is 0 Å². The average Bonchev–Trinajstić information content (AvgIpc) is 2.16. The Morgan fingerprint density at radius 1 is 1.40 bits per heavy atom. The Hall–Kier alpha value is -0.700. The molecule has 0 amide bonds. The molecule has 3 heteroatoms. The van der Waals surface area contributed by atoms with Gasteiger partial charge in [-0.1, -0.05) is 13.3 Å². The van der Waals surface area contributed by atoms with Crippen LogP contribution in [-0.2, 0) is 0 Å². The van der Waals surface area contributed by atoms with E-state index >= 15 is 0 Å². The zero-order valence-electron chi connectivity index (χ0n) is 10.9. The maximum absolute atomic E-state index is 5.55. The number of allylic oxidation sites excluding steroid dienone is 1. The first-order chi connectivity index (χ1) is 6.99. The van der Waals surface area contributed by atoms with Crippen LogP contribution >= 0.6 is 0 Å². The van der Waals surface area contributed by atoms with Crippen molar-refractivity contribution in [2.24, 2.45) is 5.73 Å². The minimum Gasteiger partial charge on any atom is -0.401 e. The van der Waals surface area contributed by atoms with Crippen LogP contribution < -0.4 is 11.1 Å². The Balaban J connectivity index is 3.87. The van der Waals surface area contributed by atoms with E-state index in [1.807, 2.05) is 13.1 Å². The molecule has 0 rings (SSSR count). The molecule has 0 aliphatic heterocycles. The van der Waals surface area contributed by atoms with E-state index in [1.54, 1.807) is 0 Å². The Morgan fingerprint density at radius 3 is 2.47 bits per heavy atom. The van der Waals surface area contributed by atoms with Crippen LogP contribution in [-0.4, -0.2) is 30.6 Å². The minimum atomic E-state index is 0.530. The van der Waals surface area contributed by atoms with Crippen LogP contribution in [0.5, 0.6) is 0 Å². The lowest BCUT2D eigenvalue weighted by Crippen LogP contribution is -2.41. The summed E-state index contributed by atoms with van der Waals surface area (Å²) in [5.74, 6) is 0. The van der Waals surface area contributed by atoms with E-state index in [1.165, 1.54) is 12.8 Å². The summed E-state index contributed by atoms with van der Waals surface area (Å²) >= 11 is 0. The Morgan fingerprint density at radius 2 is 2.00 bits per heavy atom. The van der Waals surface area contributed by atoms with E-state index in [4.69, 9.17) is 5.73 Å². The summed E-state index contributed by atoms with van der Waals surface area (Å²) in [6, 6.07) is 1.18. The highest BCUT2D eigenvalue weighted by atomic mass is 15.2. The van der Waals surface area contributed by atoms with Crippen LogP contribution in [0, 0.1) is 0 Å². The normalized spacial score (nSPS) is 16.5. The van der Waals surface area contributed by atoms with Gasteiger partial charge in [-0.05, 0) is 34.2 Å². The number of rotatable bonds is 7. The smallest absolute Gasteiger partial charge is 0.0295 e. The van der Waals surface area contributed by atoms with E-state index in [0.717, 1.165) is 12.2 Å². The number of nitrogens with two attached hydrogens (primary N) is 1. The third kappa shape index (κ3) is 6.39. The third-order valence-electron chi connectivity index (χ3n) is 2.84. The largest absolute Gasteiger partial charge is 0.401 e. The molecule has 0 saturated heterocycles. The van der Waals surface area contributed by atoms with Crippen molar-refractivity contribution in [3.63, 3.8) is 0 Å². The van der Waals surface area contributed by atoms with Crippen LogP contribution in [0.2, 0.25) is 0 Å². The van der Waals surface area contributed by atoms with Gasteiger partial charge in [-0.2, -0.15) is 0 Å². The van der Waals surface area contributed by atoms with Gasteiger partial charge >= 0.3 is 0 Å². The van der Waals surface area contributed by atoms with Gasteiger partial charge in [-0.15, -0.1) is 0 Å². The van der Waals surface area contributed by atoms with E-state index in [9.17, 15) is 0 Å². The van der Waals surface area contributed by atoms with Crippen molar-refractivity contribution in [2.75, 3.05) is 13.6 Å². The van der Waals surface area contributed by atoms with Crippen LogP contribution in [0.15, 0.2) is 11.9 Å². The first kappa shape index (κ1) is 14.3. The van der Waals surface area contributed by atoms with E-state index in [0.29, 0.717) is 12.1 Å². The molecule has 0 saturated carbocycles. The predicted molar refractivity (Wildman–Crippen MR) is 67.5 cm³/mol. The first-order valence-corrected chi connectivity index (χ1v) is 5.86. The molecule has 2 unspecified atom stereocenters. The monoisotopic (exact) mass is 213 g/mol. The Bertz CT molecular complexity index is 185. The Labute approximate surface area is 94.7 Å². The number of nitrogens with one attached hydrogen (secondary N) is 1. The van der Waals surface area contributed by atoms with Crippen molar-refractivity contribution in [1.29, 1.82) is 0 Å². The first-order valence-electron chi connectivity index (χ1n) is 5.86. The zero-order chi connectivity index (χ0) is 11.8. The maximum Gasteiger partial charge on any atom is 0.0295 e. The molecule has 0 heterocycles. The minimum absolute atomic E-state index is 0.530. The fourth-order valence-electron chi connectivity index (χ4n) is 1.59. The average molecular weight is 213 g/mol. The summed E-state index contributed by atoms with van der Waals surface area (Å²) in [5.41, 5.74) is 6.37. The third-order valence-corrected chi connectivity index (χ3v) is 2.84. The van der Waals surface area contributed by atoms with Crippen LogP contribution in [0.1, 0.15) is 40.5 Å². The molecule has 3 nitrogen and oxygen atoms in total. The molecule has 0 spiro atoms. The van der Waals surface area contributed by atoms with Gasteiger partial charge in [0.2, 0.25) is 0 Å². The molecule has 0 aliphatic rings. The second-order valence-corrected chi connectivity index (χ2v) is 4.45. The van der Waals surface area contributed by atoms with E-state index < -0.39 is 0 Å². The quantitative estimate of drug-likeness (QED) is 0.679. The lowest BCUT2D eigenvalue weighted by atomic mass is 10.1. The summed E-state index contributed by atoms with van der Waals surface area (Å²) in [6.45, 7) is 9.58. The maximum atomic E-state index is 5.55. The number of hydrogen-bond acceptors (Lipinski definition) is 3. The summed E-state index contributed by atoms with van der Waals surface area (Å²) in [4.78, 5) is 2.41. The Kier molecular flexibility index (Phi) is 7.22. The number of likely N-dealkylation sites (N-methyl/N-ethyl adjacent to an activating group) is 1. The van der Waals surface area contributed by atoms with Gasteiger partial charge < -0.3 is 11.1 Å². The molecular formula is C12H27N3. The van der Waals surface area contributed by atoms with Crippen molar-refractivity contribution in [2.45, 2.75) is 52.6 Å². The second kappa shape index (κ2) is 7.57. The molecule has 0 aromatic carbocycles. The van der Waals surface area contributed by atoms with Crippen molar-refractivity contribution in [3.8, 4) is 0 Å². The SMILES string of the molecule is CCCC(C)N(C)C(C)CN/C=C(/C)N. The van der Waals surface area contributed by atoms with Crippen molar-refractivity contribution in [1.82, 2.24) is 10.2 Å². The molecule has 0 bridgehead atoms. The summed E-state index contributed by atoms with van der Waals surface area (Å²) in [7, 11) is 2.19. The fourth-order valence-corrected chi connectivity index (χ4v) is 1.59. The van der Waals surface area contributed by atoms with Crippen molar-refractivity contribution >= 4 is 0 Å². The van der Waals surface area contributed by atoms with Gasteiger partial charge in [0, 0.05) is 30.5 Å². The molecule has 0 aliphatic carbocycles. The highest BCUT2D eigenvalue weighted by molar-refractivity contribution is 4.90. The van der Waals surface area contributed by atoms with Gasteiger partial charge in [0.1, 0.15) is 0 Å². The summed E-state index contributed by atoms with van der Waals surface area (Å²) in [5, 5.41) is 3.23. The second-order valence-electron chi connectivity index (χ2n) is 4.45. The highest BCUT2D eigenvalue weighted by Crippen LogP contribution is 2.07. The van der Waals surface area contributed by atoms with E-state index in [-0.39, 0.29) is 0 Å². The zero-order valence-corrected chi connectivity index (χ0v) is 10.9.